The maximum absolute atomic E-state index is 13.1. The molecule has 25 heavy (non-hydrogen) atoms. The zero-order chi connectivity index (χ0) is 17.6. The zero-order valence-corrected chi connectivity index (χ0v) is 13.5. The molecule has 0 unspecified atom stereocenters. The van der Waals surface area contributed by atoms with Crippen LogP contribution in [0.25, 0.3) is 23.2 Å². The van der Waals surface area contributed by atoms with Crippen molar-refractivity contribution in [1.82, 2.24) is 20.2 Å². The monoisotopic (exact) mass is 338 g/mol. The highest BCUT2D eigenvalue weighted by Crippen LogP contribution is 2.21. The van der Waals surface area contributed by atoms with E-state index in [-0.39, 0.29) is 18.1 Å². The Morgan fingerprint density at radius 1 is 1.16 bits per heavy atom. The molecule has 0 N–H and O–H groups in total. The minimum absolute atomic E-state index is 0.136. The first-order valence-electron chi connectivity index (χ1n) is 7.67. The average molecular weight is 338 g/mol. The number of esters is 1. The van der Waals surface area contributed by atoms with Crippen molar-refractivity contribution in [2.75, 3.05) is 6.61 Å². The summed E-state index contributed by atoms with van der Waals surface area (Å²) >= 11 is 0. The number of carbonyl (C=O) groups excluding carboxylic acids is 1. The highest BCUT2D eigenvalue weighted by atomic mass is 19.1. The van der Waals surface area contributed by atoms with Crippen LogP contribution in [0.4, 0.5) is 4.39 Å². The van der Waals surface area contributed by atoms with Gasteiger partial charge in [0.25, 0.3) is 0 Å². The van der Waals surface area contributed by atoms with Crippen molar-refractivity contribution in [2.45, 2.75) is 6.92 Å². The van der Waals surface area contributed by atoms with Gasteiger partial charge in [0.2, 0.25) is 0 Å². The van der Waals surface area contributed by atoms with E-state index in [1.54, 1.807) is 25.1 Å². The van der Waals surface area contributed by atoms with Gasteiger partial charge in [-0.1, -0.05) is 42.5 Å². The minimum atomic E-state index is -0.573. The van der Waals surface area contributed by atoms with E-state index in [9.17, 15) is 9.18 Å². The molecule has 0 saturated carbocycles. The molecule has 3 aromatic rings. The van der Waals surface area contributed by atoms with Gasteiger partial charge in [-0.2, -0.15) is 4.68 Å². The van der Waals surface area contributed by atoms with E-state index in [1.165, 1.54) is 16.8 Å². The quantitative estimate of drug-likeness (QED) is 0.528. The molecular formula is C18H15FN4O2. The molecule has 2 aromatic carbocycles. The molecule has 126 valence electrons. The van der Waals surface area contributed by atoms with Crippen LogP contribution in [0.5, 0.6) is 0 Å². The molecule has 0 fully saturated rings. The molecule has 0 aliphatic carbocycles. The van der Waals surface area contributed by atoms with Crippen molar-refractivity contribution >= 4 is 17.7 Å². The Labute approximate surface area is 143 Å². The van der Waals surface area contributed by atoms with Crippen LogP contribution in [0.1, 0.15) is 12.5 Å². The molecular weight excluding hydrogens is 323 g/mol. The smallest absolute Gasteiger partial charge is 0.357 e. The van der Waals surface area contributed by atoms with Gasteiger partial charge < -0.3 is 4.74 Å². The van der Waals surface area contributed by atoms with Crippen molar-refractivity contribution < 1.29 is 13.9 Å². The van der Waals surface area contributed by atoms with Gasteiger partial charge in [0.15, 0.2) is 11.5 Å². The predicted octanol–water partition coefficient (Wildman–Crippen LogP) is 3.04. The summed E-state index contributed by atoms with van der Waals surface area (Å²) in [5.74, 6) is -0.527. The highest BCUT2D eigenvalue weighted by Gasteiger charge is 2.20. The fourth-order valence-electron chi connectivity index (χ4n) is 2.25. The van der Waals surface area contributed by atoms with Crippen LogP contribution in [0.2, 0.25) is 0 Å². The molecule has 1 heterocycles. The summed E-state index contributed by atoms with van der Waals surface area (Å²) in [7, 11) is 0. The van der Waals surface area contributed by atoms with Gasteiger partial charge >= 0.3 is 5.97 Å². The Morgan fingerprint density at radius 3 is 2.56 bits per heavy atom. The number of hydrogen-bond acceptors (Lipinski definition) is 5. The second-order valence-electron chi connectivity index (χ2n) is 5.08. The van der Waals surface area contributed by atoms with Gasteiger partial charge in [0.1, 0.15) is 5.82 Å². The molecule has 0 atom stereocenters. The molecule has 0 spiro atoms. The van der Waals surface area contributed by atoms with Crippen molar-refractivity contribution in [3.63, 3.8) is 0 Å². The summed E-state index contributed by atoms with van der Waals surface area (Å²) in [5, 5.41) is 11.6. The third kappa shape index (κ3) is 3.77. The van der Waals surface area contributed by atoms with E-state index >= 15 is 0 Å². The van der Waals surface area contributed by atoms with E-state index in [4.69, 9.17) is 4.74 Å². The summed E-state index contributed by atoms with van der Waals surface area (Å²) in [6.07, 6.45) is 1.56. The van der Waals surface area contributed by atoms with Gasteiger partial charge in [-0.15, -0.1) is 5.10 Å². The highest BCUT2D eigenvalue weighted by molar-refractivity contribution is 6.15. The molecule has 0 amide bonds. The fourth-order valence-corrected chi connectivity index (χ4v) is 2.25. The number of rotatable bonds is 5. The second-order valence-corrected chi connectivity index (χ2v) is 5.08. The van der Waals surface area contributed by atoms with Gasteiger partial charge in [-0.25, -0.2) is 9.18 Å². The van der Waals surface area contributed by atoms with Gasteiger partial charge in [0.05, 0.1) is 6.61 Å². The van der Waals surface area contributed by atoms with Crippen LogP contribution in [-0.2, 0) is 9.53 Å². The standard InChI is InChI=1S/C18H15FN4O2/c1-2-25-18(24)16(12-13-8-10-15(19)11-9-13)23-17(20-21-22-23)14-6-4-3-5-7-14/h3-12H,2H2,1H3/b16-12-. The third-order valence-corrected chi connectivity index (χ3v) is 3.39. The molecule has 6 nitrogen and oxygen atoms in total. The Morgan fingerprint density at radius 2 is 1.88 bits per heavy atom. The molecule has 1 aromatic heterocycles. The lowest BCUT2D eigenvalue weighted by Gasteiger charge is -2.09. The lowest BCUT2D eigenvalue weighted by atomic mass is 10.1. The van der Waals surface area contributed by atoms with Crippen LogP contribution < -0.4 is 0 Å². The zero-order valence-electron chi connectivity index (χ0n) is 13.5. The lowest BCUT2D eigenvalue weighted by molar-refractivity contribution is -0.136. The molecule has 3 rings (SSSR count). The first-order valence-corrected chi connectivity index (χ1v) is 7.67. The van der Waals surface area contributed by atoms with Crippen LogP contribution >= 0.6 is 0 Å². The Hall–Kier alpha value is -3.35. The molecule has 7 heteroatoms. The number of tetrazole rings is 1. The Bertz CT molecular complexity index is 889. The summed E-state index contributed by atoms with van der Waals surface area (Å²) in [6.45, 7) is 1.92. The van der Waals surface area contributed by atoms with Crippen molar-refractivity contribution in [3.8, 4) is 11.4 Å². The van der Waals surface area contributed by atoms with Crippen LogP contribution in [0.3, 0.4) is 0 Å². The molecule has 0 saturated heterocycles. The minimum Gasteiger partial charge on any atom is -0.461 e. The largest absolute Gasteiger partial charge is 0.461 e. The van der Waals surface area contributed by atoms with Crippen molar-refractivity contribution in [3.05, 3.63) is 66.0 Å². The number of benzene rings is 2. The van der Waals surface area contributed by atoms with Gasteiger partial charge in [0, 0.05) is 5.56 Å². The summed E-state index contributed by atoms with van der Waals surface area (Å²) in [6, 6.07) is 15.0. The third-order valence-electron chi connectivity index (χ3n) is 3.39. The van der Waals surface area contributed by atoms with Crippen LogP contribution in [0, 0.1) is 5.82 Å². The summed E-state index contributed by atoms with van der Waals surface area (Å²) in [5.41, 5.74) is 1.51. The molecule has 0 bridgehead atoms. The Balaban J connectivity index is 2.09. The van der Waals surface area contributed by atoms with Crippen molar-refractivity contribution in [2.24, 2.45) is 0 Å². The first kappa shape index (κ1) is 16.5. The number of carbonyl (C=O) groups is 1. The molecule has 0 aliphatic rings. The topological polar surface area (TPSA) is 69.9 Å². The SMILES string of the molecule is CCOC(=O)/C(=C/c1ccc(F)cc1)n1nnnc1-c1ccccc1. The van der Waals surface area contributed by atoms with E-state index in [2.05, 4.69) is 15.5 Å². The van der Waals surface area contributed by atoms with Gasteiger partial charge in [-0.05, 0) is 41.1 Å². The number of halogens is 1. The van der Waals surface area contributed by atoms with Gasteiger partial charge in [-0.3, -0.25) is 0 Å². The predicted molar refractivity (Wildman–Crippen MR) is 90.5 cm³/mol. The lowest BCUT2D eigenvalue weighted by Crippen LogP contribution is -2.14. The van der Waals surface area contributed by atoms with E-state index in [0.717, 1.165) is 5.56 Å². The first-order chi connectivity index (χ1) is 12.2. The number of nitrogens with zero attached hydrogens (tertiary/aromatic N) is 4. The molecule has 0 radical (unpaired) electrons. The van der Waals surface area contributed by atoms with Crippen LogP contribution in [-0.4, -0.2) is 32.8 Å². The number of ether oxygens (including phenoxy) is 1. The van der Waals surface area contributed by atoms with E-state index in [0.29, 0.717) is 11.4 Å². The van der Waals surface area contributed by atoms with E-state index < -0.39 is 5.97 Å². The Kier molecular flexibility index (Phi) is 4.94. The van der Waals surface area contributed by atoms with Crippen LogP contribution in [0.15, 0.2) is 54.6 Å². The van der Waals surface area contributed by atoms with Crippen molar-refractivity contribution in [1.29, 1.82) is 0 Å². The average Bonchev–Trinajstić information content (AvgIpc) is 3.11. The van der Waals surface area contributed by atoms with E-state index in [1.807, 2.05) is 30.3 Å². The maximum atomic E-state index is 13.1. The second kappa shape index (κ2) is 7.48. The maximum Gasteiger partial charge on any atom is 0.357 e. The number of hydrogen-bond donors (Lipinski definition) is 0. The normalized spacial score (nSPS) is 11.4. The fraction of sp³-hybridized carbons (Fsp3) is 0.111. The number of aromatic nitrogens is 4. The summed E-state index contributed by atoms with van der Waals surface area (Å²) < 4.78 is 19.5. The summed E-state index contributed by atoms with van der Waals surface area (Å²) in [4.78, 5) is 12.4. The molecule has 0 aliphatic heterocycles.